The van der Waals surface area contributed by atoms with E-state index in [9.17, 15) is 19.8 Å². The second-order valence-electron chi connectivity index (χ2n) is 26.7. The second kappa shape index (κ2) is 73.8. The molecule has 0 bridgehead atoms. The van der Waals surface area contributed by atoms with E-state index in [4.69, 9.17) is 4.74 Å². The van der Waals surface area contributed by atoms with Crippen LogP contribution in [0.4, 0.5) is 0 Å². The molecule has 0 aliphatic carbocycles. The van der Waals surface area contributed by atoms with E-state index < -0.39 is 12.1 Å². The Labute approximate surface area is 526 Å². The van der Waals surface area contributed by atoms with Crippen LogP contribution in [0.15, 0.2) is 24.3 Å². The largest absolute Gasteiger partial charge is 0.466 e. The van der Waals surface area contributed by atoms with E-state index in [2.05, 4.69) is 31.3 Å². The van der Waals surface area contributed by atoms with Gasteiger partial charge in [-0.15, -0.1) is 0 Å². The fraction of sp³-hybridized carbons (Fsp3) is 0.923. The van der Waals surface area contributed by atoms with Gasteiger partial charge in [0, 0.05) is 12.8 Å². The molecule has 0 spiro atoms. The predicted octanol–water partition coefficient (Wildman–Crippen LogP) is 25.3. The van der Waals surface area contributed by atoms with Gasteiger partial charge >= 0.3 is 5.97 Å². The van der Waals surface area contributed by atoms with Gasteiger partial charge in [0.2, 0.25) is 5.91 Å². The van der Waals surface area contributed by atoms with Crippen molar-refractivity contribution >= 4 is 11.9 Å². The topological polar surface area (TPSA) is 95.9 Å². The fourth-order valence-corrected chi connectivity index (χ4v) is 12.3. The van der Waals surface area contributed by atoms with E-state index in [-0.39, 0.29) is 18.5 Å². The highest BCUT2D eigenvalue weighted by Gasteiger charge is 2.18. The lowest BCUT2D eigenvalue weighted by Crippen LogP contribution is -2.45. The number of carbonyl (C=O) groups excluding carboxylic acids is 2. The van der Waals surface area contributed by atoms with Crippen molar-refractivity contribution in [1.29, 1.82) is 0 Å². The lowest BCUT2D eigenvalue weighted by atomic mass is 10.0. The molecule has 0 aliphatic heterocycles. The van der Waals surface area contributed by atoms with Crippen LogP contribution in [0.25, 0.3) is 0 Å². The molecule has 0 aromatic rings. The number of hydrogen-bond donors (Lipinski definition) is 3. The van der Waals surface area contributed by atoms with Crippen LogP contribution in [0.3, 0.4) is 0 Å². The molecule has 0 aliphatic rings. The lowest BCUT2D eigenvalue weighted by Gasteiger charge is -2.20. The monoisotopic (exact) mass is 1180 g/mol. The molecule has 0 aromatic carbocycles. The fourth-order valence-electron chi connectivity index (χ4n) is 12.3. The third kappa shape index (κ3) is 69.4. The molecule has 2 atom stereocenters. The van der Waals surface area contributed by atoms with Crippen LogP contribution in [0.2, 0.25) is 0 Å². The number of allylic oxidation sites excluding steroid dienone is 3. The number of hydrogen-bond acceptors (Lipinski definition) is 5. The minimum absolute atomic E-state index is 0.0185. The summed E-state index contributed by atoms with van der Waals surface area (Å²) in [5, 5.41) is 23.2. The van der Waals surface area contributed by atoms with Crippen molar-refractivity contribution in [3.63, 3.8) is 0 Å². The highest BCUT2D eigenvalue weighted by atomic mass is 16.5. The second-order valence-corrected chi connectivity index (χ2v) is 26.7. The Morgan fingerprint density at radius 2 is 0.560 bits per heavy atom. The van der Waals surface area contributed by atoms with Gasteiger partial charge in [-0.05, 0) is 57.8 Å². The van der Waals surface area contributed by atoms with Crippen LogP contribution >= 0.6 is 0 Å². The minimum Gasteiger partial charge on any atom is -0.466 e. The van der Waals surface area contributed by atoms with Crippen molar-refractivity contribution in [3.8, 4) is 0 Å². The first-order valence-electron chi connectivity index (χ1n) is 38.6. The Hall–Kier alpha value is -1.66. The zero-order valence-electron chi connectivity index (χ0n) is 57.2. The number of aliphatic hydroxyl groups is 2. The maximum atomic E-state index is 12.5. The van der Waals surface area contributed by atoms with E-state index in [1.54, 1.807) is 6.08 Å². The molecule has 1 amide bonds. The number of ether oxygens (including phenoxy) is 1. The number of rotatable bonds is 73. The summed E-state index contributed by atoms with van der Waals surface area (Å²) in [6, 6.07) is -0.625. The van der Waals surface area contributed by atoms with E-state index in [0.29, 0.717) is 19.4 Å². The SMILES string of the molecule is CCCCCCCC/C=C\CCCCCCCCCC(=O)OCCCCCCCCCCCCCCCCCCCCCCCCCCCCCCCCCCC(=O)NC(CO)C(O)/C=C/CCCCCCCCCCCCCCCCCC. The molecule has 0 rings (SSSR count). The number of nitrogens with one attached hydrogen (secondary N) is 1. The van der Waals surface area contributed by atoms with Crippen LogP contribution in [0, 0.1) is 0 Å². The van der Waals surface area contributed by atoms with E-state index in [1.165, 1.54) is 366 Å². The van der Waals surface area contributed by atoms with Crippen molar-refractivity contribution in [2.45, 2.75) is 450 Å². The molecule has 0 saturated heterocycles. The van der Waals surface area contributed by atoms with Crippen molar-refractivity contribution in [2.75, 3.05) is 13.2 Å². The van der Waals surface area contributed by atoms with Crippen molar-refractivity contribution in [2.24, 2.45) is 0 Å². The lowest BCUT2D eigenvalue weighted by molar-refractivity contribution is -0.143. The molecular formula is C78H151NO5. The van der Waals surface area contributed by atoms with Crippen LogP contribution in [-0.2, 0) is 14.3 Å². The first-order valence-corrected chi connectivity index (χ1v) is 38.6. The molecule has 0 aromatic heterocycles. The Kier molecular flexibility index (Phi) is 72.3. The smallest absolute Gasteiger partial charge is 0.305 e. The van der Waals surface area contributed by atoms with Crippen LogP contribution < -0.4 is 5.32 Å². The van der Waals surface area contributed by atoms with Crippen LogP contribution in [-0.4, -0.2) is 47.4 Å². The number of unbranched alkanes of at least 4 members (excludes halogenated alkanes) is 60. The van der Waals surface area contributed by atoms with Gasteiger partial charge in [0.15, 0.2) is 0 Å². The highest BCUT2D eigenvalue weighted by molar-refractivity contribution is 5.76. The molecule has 84 heavy (non-hydrogen) atoms. The summed E-state index contributed by atoms with van der Waals surface area (Å²) in [5.41, 5.74) is 0. The van der Waals surface area contributed by atoms with Crippen molar-refractivity contribution < 1.29 is 24.5 Å². The van der Waals surface area contributed by atoms with Gasteiger partial charge in [0.05, 0.1) is 25.4 Å². The normalized spacial score (nSPS) is 12.6. The molecule has 0 saturated carbocycles. The molecule has 0 fully saturated rings. The Balaban J connectivity index is 3.33. The molecule has 0 heterocycles. The molecule has 3 N–H and O–H groups in total. The Morgan fingerprint density at radius 1 is 0.321 bits per heavy atom. The van der Waals surface area contributed by atoms with E-state index >= 15 is 0 Å². The summed E-state index contributed by atoms with van der Waals surface area (Å²) in [6.45, 7) is 4.95. The molecule has 498 valence electrons. The third-order valence-corrected chi connectivity index (χ3v) is 18.2. The molecule has 6 heteroatoms. The quantitative estimate of drug-likeness (QED) is 0.0320. The Bertz CT molecular complexity index is 1320. The summed E-state index contributed by atoms with van der Waals surface area (Å²) in [7, 11) is 0. The standard InChI is InChI=1S/C78H151NO5/c1-3-5-7-9-11-13-15-17-19-21-39-42-46-50-54-58-62-66-70-76(81)75(74-80)79-77(82)71-67-63-59-55-51-47-43-40-36-34-32-30-28-26-24-22-23-25-27-29-31-33-35-37-41-45-49-53-57-61-65-69-73-84-78(83)72-68-64-60-56-52-48-44-38-20-18-16-14-12-10-8-6-4-2/h18,20,66,70,75-76,80-81H,3-17,19,21-65,67-69,71-74H2,1-2H3,(H,79,82)/b20-18-,70-66+. The first kappa shape index (κ1) is 82.3. The number of carbonyl (C=O) groups is 2. The molecule has 2 unspecified atom stereocenters. The number of aliphatic hydroxyl groups excluding tert-OH is 2. The summed E-state index contributed by atoms with van der Waals surface area (Å²) in [4.78, 5) is 24.6. The third-order valence-electron chi connectivity index (χ3n) is 18.2. The van der Waals surface area contributed by atoms with Crippen molar-refractivity contribution in [1.82, 2.24) is 5.32 Å². The number of amides is 1. The maximum absolute atomic E-state index is 12.5. The molecule has 6 nitrogen and oxygen atoms in total. The van der Waals surface area contributed by atoms with Gasteiger partial charge in [0.25, 0.3) is 0 Å². The summed E-state index contributed by atoms with van der Waals surface area (Å²) >= 11 is 0. The summed E-state index contributed by atoms with van der Waals surface area (Å²) in [6.07, 6.45) is 94.3. The minimum atomic E-state index is -0.841. The van der Waals surface area contributed by atoms with Crippen LogP contribution in [0.5, 0.6) is 0 Å². The maximum Gasteiger partial charge on any atom is 0.305 e. The molecular weight excluding hydrogens is 1030 g/mol. The van der Waals surface area contributed by atoms with Crippen LogP contribution in [0.1, 0.15) is 438 Å². The average Bonchev–Trinajstić information content (AvgIpc) is 3.51. The average molecular weight is 1180 g/mol. The Morgan fingerprint density at radius 3 is 0.845 bits per heavy atom. The van der Waals surface area contributed by atoms with Crippen molar-refractivity contribution in [3.05, 3.63) is 24.3 Å². The van der Waals surface area contributed by atoms with Gasteiger partial charge in [-0.3, -0.25) is 9.59 Å². The summed E-state index contributed by atoms with van der Waals surface area (Å²) in [5.74, 6) is -0.0410. The van der Waals surface area contributed by atoms with E-state index in [0.717, 1.165) is 44.9 Å². The van der Waals surface area contributed by atoms with Gasteiger partial charge in [-0.1, -0.05) is 391 Å². The number of esters is 1. The van der Waals surface area contributed by atoms with Gasteiger partial charge in [-0.2, -0.15) is 0 Å². The predicted molar refractivity (Wildman–Crippen MR) is 370 cm³/mol. The zero-order valence-corrected chi connectivity index (χ0v) is 57.2. The zero-order chi connectivity index (χ0) is 60.6. The first-order chi connectivity index (χ1) is 41.5. The highest BCUT2D eigenvalue weighted by Crippen LogP contribution is 2.20. The van der Waals surface area contributed by atoms with E-state index in [1.807, 2.05) is 6.08 Å². The summed E-state index contributed by atoms with van der Waals surface area (Å²) < 4.78 is 5.51. The van der Waals surface area contributed by atoms with Gasteiger partial charge < -0.3 is 20.3 Å². The van der Waals surface area contributed by atoms with Gasteiger partial charge in [0.1, 0.15) is 0 Å². The molecule has 0 radical (unpaired) electrons. The van der Waals surface area contributed by atoms with Gasteiger partial charge in [-0.25, -0.2) is 0 Å².